The van der Waals surface area contributed by atoms with Gasteiger partial charge in [-0.2, -0.15) is 5.10 Å². The fraction of sp³-hybridized carbons (Fsp3) is 0.192. The first-order valence-electron chi connectivity index (χ1n) is 11.0. The number of benzene rings is 3. The molecule has 9 nitrogen and oxygen atoms in total. The highest BCUT2D eigenvalue weighted by Crippen LogP contribution is 2.28. The Labute approximate surface area is 210 Å². The predicted molar refractivity (Wildman–Crippen MR) is 137 cm³/mol. The molecule has 0 radical (unpaired) electrons. The number of anilines is 1. The molecule has 1 N–H and O–H groups in total. The van der Waals surface area contributed by atoms with E-state index in [1.807, 2.05) is 19.9 Å². The van der Waals surface area contributed by atoms with E-state index in [4.69, 9.17) is 4.74 Å². The van der Waals surface area contributed by atoms with Crippen LogP contribution in [0.15, 0.2) is 82.8 Å². The Balaban J connectivity index is 1.77. The largest absolute Gasteiger partial charge is 0.482 e. The monoisotopic (exact) mass is 509 g/mol. The van der Waals surface area contributed by atoms with Gasteiger partial charge in [-0.25, -0.2) is 18.6 Å². The maximum absolute atomic E-state index is 13.5. The van der Waals surface area contributed by atoms with Crippen LogP contribution in [0.25, 0.3) is 0 Å². The van der Waals surface area contributed by atoms with Crippen molar-refractivity contribution in [3.63, 3.8) is 0 Å². The van der Waals surface area contributed by atoms with Crippen LogP contribution >= 0.6 is 0 Å². The predicted octanol–water partition coefficient (Wildman–Crippen LogP) is 3.20. The SMILES string of the molecule is COC(=O)COc1cccc(/C=N\NC(=O)CN(c2cccc(C)c2C)S(=O)(=O)c2ccccc2)c1. The maximum atomic E-state index is 13.5. The van der Waals surface area contributed by atoms with Crippen molar-refractivity contribution in [1.29, 1.82) is 0 Å². The molecule has 0 saturated heterocycles. The summed E-state index contributed by atoms with van der Waals surface area (Å²) < 4.78 is 37.9. The molecule has 0 atom stereocenters. The van der Waals surface area contributed by atoms with Gasteiger partial charge < -0.3 is 9.47 Å². The highest BCUT2D eigenvalue weighted by atomic mass is 32.2. The molecule has 10 heteroatoms. The molecule has 3 aromatic rings. The third-order valence-corrected chi connectivity index (χ3v) is 7.08. The number of carbonyl (C=O) groups excluding carboxylic acids is 2. The number of nitrogens with one attached hydrogen (secondary N) is 1. The number of hydrogen-bond acceptors (Lipinski definition) is 7. The molecule has 0 aliphatic carbocycles. The minimum atomic E-state index is -4.02. The Morgan fingerprint density at radius 2 is 1.72 bits per heavy atom. The normalized spacial score (nSPS) is 11.2. The average Bonchev–Trinajstić information content (AvgIpc) is 2.88. The van der Waals surface area contributed by atoms with Crippen molar-refractivity contribution in [2.75, 3.05) is 24.6 Å². The second kappa shape index (κ2) is 12.0. The van der Waals surface area contributed by atoms with Gasteiger partial charge in [0.15, 0.2) is 6.61 Å². The van der Waals surface area contributed by atoms with Crippen LogP contribution in [0.4, 0.5) is 5.69 Å². The molecule has 36 heavy (non-hydrogen) atoms. The summed E-state index contributed by atoms with van der Waals surface area (Å²) in [4.78, 5) is 24.1. The van der Waals surface area contributed by atoms with E-state index in [9.17, 15) is 18.0 Å². The summed E-state index contributed by atoms with van der Waals surface area (Å²) in [6.07, 6.45) is 1.39. The van der Waals surface area contributed by atoms with Crippen LogP contribution in [-0.4, -0.2) is 46.8 Å². The summed E-state index contributed by atoms with van der Waals surface area (Å²) in [5.74, 6) is -0.712. The molecule has 0 aliphatic rings. The van der Waals surface area contributed by atoms with Crippen molar-refractivity contribution in [2.24, 2.45) is 5.10 Å². The second-order valence-electron chi connectivity index (χ2n) is 7.77. The zero-order valence-electron chi connectivity index (χ0n) is 20.2. The Morgan fingerprint density at radius 3 is 2.44 bits per heavy atom. The number of sulfonamides is 1. The lowest BCUT2D eigenvalue weighted by atomic mass is 10.1. The van der Waals surface area contributed by atoms with Gasteiger partial charge in [0.05, 0.1) is 23.9 Å². The first kappa shape index (κ1) is 26.4. The Hall–Kier alpha value is -4.18. The molecule has 0 unspecified atom stereocenters. The minimum absolute atomic E-state index is 0.0750. The van der Waals surface area contributed by atoms with Gasteiger partial charge in [0.1, 0.15) is 12.3 Å². The summed E-state index contributed by atoms with van der Waals surface area (Å²) in [6, 6.07) is 19.9. The summed E-state index contributed by atoms with van der Waals surface area (Å²) in [5.41, 5.74) is 5.03. The molecular weight excluding hydrogens is 482 g/mol. The van der Waals surface area contributed by atoms with Crippen molar-refractivity contribution in [1.82, 2.24) is 5.43 Å². The van der Waals surface area contributed by atoms with E-state index in [2.05, 4.69) is 15.3 Å². The standard InChI is InChI=1S/C26H27N3O6S/c1-19-9-7-14-24(20(19)2)29(36(32,33)23-12-5-4-6-13-23)17-25(30)28-27-16-21-10-8-11-22(15-21)35-18-26(31)34-3/h4-16H,17-18H2,1-3H3,(H,28,30)/b27-16-. The van der Waals surface area contributed by atoms with Crippen LogP contribution in [0.1, 0.15) is 16.7 Å². The van der Waals surface area contributed by atoms with Gasteiger partial charge in [-0.15, -0.1) is 0 Å². The first-order valence-corrected chi connectivity index (χ1v) is 12.4. The molecule has 0 saturated carbocycles. The molecule has 0 bridgehead atoms. The van der Waals surface area contributed by atoms with E-state index in [1.54, 1.807) is 54.6 Å². The number of carbonyl (C=O) groups is 2. The molecular formula is C26H27N3O6S. The first-order chi connectivity index (χ1) is 17.2. The van der Waals surface area contributed by atoms with Crippen LogP contribution in [0, 0.1) is 13.8 Å². The molecule has 0 fully saturated rings. The van der Waals surface area contributed by atoms with E-state index < -0.39 is 28.4 Å². The molecule has 1 amide bonds. The van der Waals surface area contributed by atoms with E-state index in [0.29, 0.717) is 17.0 Å². The van der Waals surface area contributed by atoms with Crippen molar-refractivity contribution >= 4 is 33.8 Å². The number of esters is 1. The molecule has 0 heterocycles. The van der Waals surface area contributed by atoms with Crippen molar-refractivity contribution in [3.05, 3.63) is 89.5 Å². The van der Waals surface area contributed by atoms with E-state index >= 15 is 0 Å². The van der Waals surface area contributed by atoms with Crippen LogP contribution in [0.5, 0.6) is 5.75 Å². The van der Waals surface area contributed by atoms with Crippen molar-refractivity contribution in [2.45, 2.75) is 18.7 Å². The van der Waals surface area contributed by atoms with E-state index in [0.717, 1.165) is 15.4 Å². The smallest absolute Gasteiger partial charge is 0.343 e. The molecule has 188 valence electrons. The summed E-state index contributed by atoms with van der Waals surface area (Å²) in [5, 5.41) is 3.94. The minimum Gasteiger partial charge on any atom is -0.482 e. The third-order valence-electron chi connectivity index (χ3n) is 5.31. The summed E-state index contributed by atoms with van der Waals surface area (Å²) >= 11 is 0. The van der Waals surface area contributed by atoms with Crippen LogP contribution in [0.3, 0.4) is 0 Å². The summed E-state index contributed by atoms with van der Waals surface area (Å²) in [6.45, 7) is 2.97. The fourth-order valence-electron chi connectivity index (χ4n) is 3.26. The molecule has 3 rings (SSSR count). The molecule has 0 aliphatic heterocycles. The molecule has 3 aromatic carbocycles. The van der Waals surface area contributed by atoms with Crippen LogP contribution in [0.2, 0.25) is 0 Å². The van der Waals surface area contributed by atoms with E-state index in [1.165, 1.54) is 25.5 Å². The quantitative estimate of drug-likeness (QED) is 0.255. The Kier molecular flexibility index (Phi) is 8.80. The number of hydrogen-bond donors (Lipinski definition) is 1. The van der Waals surface area contributed by atoms with Crippen molar-refractivity contribution in [3.8, 4) is 5.75 Å². The number of nitrogens with zero attached hydrogens (tertiary/aromatic N) is 2. The number of methoxy groups -OCH3 is 1. The van der Waals surface area contributed by atoms with Gasteiger partial charge in [-0.05, 0) is 60.9 Å². The fourth-order valence-corrected chi connectivity index (χ4v) is 4.76. The second-order valence-corrected chi connectivity index (χ2v) is 9.64. The average molecular weight is 510 g/mol. The lowest BCUT2D eigenvalue weighted by Gasteiger charge is -2.26. The van der Waals surface area contributed by atoms with Crippen LogP contribution in [-0.2, 0) is 24.3 Å². The lowest BCUT2D eigenvalue weighted by Crippen LogP contribution is -2.40. The van der Waals surface area contributed by atoms with Gasteiger partial charge in [0.25, 0.3) is 15.9 Å². The third kappa shape index (κ3) is 6.70. The Morgan fingerprint density at radius 1 is 1.00 bits per heavy atom. The highest BCUT2D eigenvalue weighted by molar-refractivity contribution is 7.92. The zero-order valence-corrected chi connectivity index (χ0v) is 21.0. The molecule has 0 spiro atoms. The van der Waals surface area contributed by atoms with Gasteiger partial charge in [-0.3, -0.25) is 9.10 Å². The number of ether oxygens (including phenoxy) is 2. The number of aryl methyl sites for hydroxylation is 1. The number of amides is 1. The number of rotatable bonds is 10. The molecule has 0 aromatic heterocycles. The topological polar surface area (TPSA) is 114 Å². The zero-order chi connectivity index (χ0) is 26.1. The Bertz CT molecular complexity index is 1360. The highest BCUT2D eigenvalue weighted by Gasteiger charge is 2.28. The van der Waals surface area contributed by atoms with Gasteiger partial charge in [0, 0.05) is 0 Å². The van der Waals surface area contributed by atoms with Gasteiger partial charge >= 0.3 is 5.97 Å². The van der Waals surface area contributed by atoms with Crippen LogP contribution < -0.4 is 14.5 Å². The summed E-state index contributed by atoms with van der Waals surface area (Å²) in [7, 11) is -2.75. The van der Waals surface area contributed by atoms with Gasteiger partial charge in [0.2, 0.25) is 0 Å². The maximum Gasteiger partial charge on any atom is 0.343 e. The van der Waals surface area contributed by atoms with Gasteiger partial charge in [-0.1, -0.05) is 42.5 Å². The lowest BCUT2D eigenvalue weighted by molar-refractivity contribution is -0.142. The van der Waals surface area contributed by atoms with E-state index in [-0.39, 0.29) is 11.5 Å². The number of hydrazone groups is 1. The van der Waals surface area contributed by atoms with Crippen molar-refractivity contribution < 1.29 is 27.5 Å².